The maximum atomic E-state index is 13.4. The minimum atomic E-state index is -4.66. The number of alkyl halides is 3. The number of rotatable bonds is 4. The number of benzene rings is 2. The molecule has 2 atom stereocenters. The zero-order valence-corrected chi connectivity index (χ0v) is 18.3. The molecule has 2 aromatic carbocycles. The molecule has 0 aromatic heterocycles. The van der Waals surface area contributed by atoms with Gasteiger partial charge < -0.3 is 10.2 Å². The summed E-state index contributed by atoms with van der Waals surface area (Å²) < 4.78 is 39.7. The molecule has 0 saturated carbocycles. The van der Waals surface area contributed by atoms with E-state index in [1.54, 1.807) is 24.8 Å². The molecule has 2 aromatic rings. The number of anilines is 2. The van der Waals surface area contributed by atoms with E-state index in [1.807, 2.05) is 32.0 Å². The van der Waals surface area contributed by atoms with Gasteiger partial charge in [0.25, 0.3) is 0 Å². The fourth-order valence-electron chi connectivity index (χ4n) is 4.42. The first-order valence-corrected chi connectivity index (χ1v) is 10.3. The molecule has 0 spiro atoms. The average molecular weight is 443 g/mol. The SMILES string of the molecule is CCC1(C(=O)Nc2cc(C#N)cc(C(F)(F)F)c2)CN(c2c(C)cccc2C)C(=O)C1C. The van der Waals surface area contributed by atoms with Crippen LogP contribution in [0.25, 0.3) is 0 Å². The zero-order valence-electron chi connectivity index (χ0n) is 18.3. The molecule has 1 N–H and O–H groups in total. The Kier molecular flexibility index (Phi) is 6.05. The quantitative estimate of drug-likeness (QED) is 0.705. The Labute approximate surface area is 184 Å². The van der Waals surface area contributed by atoms with E-state index >= 15 is 0 Å². The number of para-hydroxylation sites is 1. The van der Waals surface area contributed by atoms with Gasteiger partial charge in [0.2, 0.25) is 11.8 Å². The van der Waals surface area contributed by atoms with Crippen LogP contribution in [0.5, 0.6) is 0 Å². The number of hydrogen-bond donors (Lipinski definition) is 1. The lowest BCUT2D eigenvalue weighted by molar-refractivity contribution is -0.137. The molecule has 32 heavy (non-hydrogen) atoms. The Morgan fingerprint density at radius 3 is 2.41 bits per heavy atom. The van der Waals surface area contributed by atoms with Crippen LogP contribution in [0.2, 0.25) is 0 Å². The molecule has 1 saturated heterocycles. The number of halogens is 3. The first-order valence-electron chi connectivity index (χ1n) is 10.3. The Bertz CT molecular complexity index is 1100. The van der Waals surface area contributed by atoms with Crippen molar-refractivity contribution in [3.63, 3.8) is 0 Å². The van der Waals surface area contributed by atoms with Gasteiger partial charge in [0.1, 0.15) is 0 Å². The van der Waals surface area contributed by atoms with Crippen LogP contribution in [0.3, 0.4) is 0 Å². The summed E-state index contributed by atoms with van der Waals surface area (Å²) in [5.74, 6) is -1.42. The lowest BCUT2D eigenvalue weighted by atomic mass is 9.75. The van der Waals surface area contributed by atoms with E-state index in [2.05, 4.69) is 5.32 Å². The van der Waals surface area contributed by atoms with E-state index in [1.165, 1.54) is 6.07 Å². The highest BCUT2D eigenvalue weighted by molar-refractivity contribution is 6.07. The van der Waals surface area contributed by atoms with Crippen molar-refractivity contribution in [3.05, 3.63) is 58.7 Å². The van der Waals surface area contributed by atoms with Gasteiger partial charge >= 0.3 is 6.18 Å². The highest BCUT2D eigenvalue weighted by Crippen LogP contribution is 2.44. The number of carbonyl (C=O) groups is 2. The zero-order chi connectivity index (χ0) is 23.8. The van der Waals surface area contributed by atoms with Crippen LogP contribution in [0.15, 0.2) is 36.4 Å². The number of nitrogens with one attached hydrogen (secondary N) is 1. The molecule has 168 valence electrons. The van der Waals surface area contributed by atoms with E-state index < -0.39 is 29.0 Å². The van der Waals surface area contributed by atoms with Crippen LogP contribution in [-0.4, -0.2) is 18.4 Å². The van der Waals surface area contributed by atoms with E-state index in [-0.39, 0.29) is 23.7 Å². The van der Waals surface area contributed by atoms with E-state index in [0.717, 1.165) is 28.9 Å². The molecule has 1 aliphatic rings. The highest BCUT2D eigenvalue weighted by atomic mass is 19.4. The summed E-state index contributed by atoms with van der Waals surface area (Å²) in [6.07, 6.45) is -4.35. The molecule has 2 amide bonds. The normalized spacial score (nSPS) is 20.9. The maximum Gasteiger partial charge on any atom is 0.416 e. The molecule has 0 bridgehead atoms. The Balaban J connectivity index is 1.98. The summed E-state index contributed by atoms with van der Waals surface area (Å²) in [6.45, 7) is 7.35. The van der Waals surface area contributed by atoms with Gasteiger partial charge in [0.05, 0.1) is 28.5 Å². The van der Waals surface area contributed by atoms with Gasteiger partial charge in [-0.25, -0.2) is 0 Å². The van der Waals surface area contributed by atoms with Crippen LogP contribution in [0.1, 0.15) is 42.5 Å². The third-order valence-electron chi connectivity index (χ3n) is 6.35. The van der Waals surface area contributed by atoms with Crippen molar-refractivity contribution in [1.29, 1.82) is 5.26 Å². The summed E-state index contributed by atoms with van der Waals surface area (Å²) >= 11 is 0. The molecule has 1 aliphatic heterocycles. The van der Waals surface area contributed by atoms with Gasteiger partial charge in [0.15, 0.2) is 0 Å². The van der Waals surface area contributed by atoms with Crippen molar-refractivity contribution in [3.8, 4) is 6.07 Å². The summed E-state index contributed by atoms with van der Waals surface area (Å²) in [5.41, 5.74) is 0.0484. The minimum absolute atomic E-state index is 0.116. The fourth-order valence-corrected chi connectivity index (χ4v) is 4.42. The van der Waals surface area contributed by atoms with Gasteiger partial charge in [-0.3, -0.25) is 9.59 Å². The van der Waals surface area contributed by atoms with E-state index in [4.69, 9.17) is 5.26 Å². The molecule has 1 heterocycles. The molecule has 3 rings (SSSR count). The summed E-state index contributed by atoms with van der Waals surface area (Å²) in [5, 5.41) is 11.6. The van der Waals surface area contributed by atoms with Crippen molar-refractivity contribution in [2.75, 3.05) is 16.8 Å². The van der Waals surface area contributed by atoms with Gasteiger partial charge in [-0.1, -0.05) is 32.0 Å². The molecule has 0 radical (unpaired) electrons. The monoisotopic (exact) mass is 443 g/mol. The van der Waals surface area contributed by atoms with Crippen molar-refractivity contribution in [2.45, 2.75) is 40.3 Å². The van der Waals surface area contributed by atoms with Gasteiger partial charge in [-0.15, -0.1) is 0 Å². The van der Waals surface area contributed by atoms with Crippen molar-refractivity contribution < 1.29 is 22.8 Å². The maximum absolute atomic E-state index is 13.4. The van der Waals surface area contributed by atoms with Gasteiger partial charge in [-0.05, 0) is 49.6 Å². The second kappa shape index (κ2) is 8.30. The smallest absolute Gasteiger partial charge is 0.325 e. The standard InChI is InChI=1S/C24H24F3N3O2/c1-5-23(13-30(21(31)16(23)4)20-14(2)7-6-8-15(20)3)22(32)29-19-10-17(12-28)9-18(11-19)24(25,26)27/h6-11,16H,5,13H2,1-4H3,(H,29,32). The lowest BCUT2D eigenvalue weighted by Crippen LogP contribution is -2.42. The Hall–Kier alpha value is -3.34. The van der Waals surface area contributed by atoms with Crippen LogP contribution >= 0.6 is 0 Å². The van der Waals surface area contributed by atoms with E-state index in [9.17, 15) is 22.8 Å². The number of amides is 2. The van der Waals surface area contributed by atoms with Gasteiger partial charge in [0, 0.05) is 17.9 Å². The van der Waals surface area contributed by atoms with Crippen molar-refractivity contribution in [2.24, 2.45) is 11.3 Å². The minimum Gasteiger partial charge on any atom is -0.325 e. The molecule has 2 unspecified atom stereocenters. The molecular weight excluding hydrogens is 419 g/mol. The number of carbonyl (C=O) groups excluding carboxylic acids is 2. The predicted molar refractivity (Wildman–Crippen MR) is 115 cm³/mol. The molecular formula is C24H24F3N3O2. The van der Waals surface area contributed by atoms with Gasteiger partial charge in [-0.2, -0.15) is 18.4 Å². The Morgan fingerprint density at radius 1 is 1.25 bits per heavy atom. The molecule has 8 heteroatoms. The van der Waals surface area contributed by atoms with Crippen LogP contribution in [0, 0.1) is 36.5 Å². The topological polar surface area (TPSA) is 73.2 Å². The van der Waals surface area contributed by atoms with Crippen LogP contribution in [-0.2, 0) is 15.8 Å². The summed E-state index contributed by atoms with van der Waals surface area (Å²) in [6, 6.07) is 10.1. The van der Waals surface area contributed by atoms with E-state index in [0.29, 0.717) is 6.42 Å². The highest BCUT2D eigenvalue weighted by Gasteiger charge is 2.54. The first kappa shape index (κ1) is 23.3. The third-order valence-corrected chi connectivity index (χ3v) is 6.35. The lowest BCUT2D eigenvalue weighted by Gasteiger charge is -2.30. The summed E-state index contributed by atoms with van der Waals surface area (Å²) in [4.78, 5) is 28.2. The third kappa shape index (κ3) is 3.95. The second-order valence-corrected chi connectivity index (χ2v) is 8.26. The fraction of sp³-hybridized carbons (Fsp3) is 0.375. The number of nitrogens with zero attached hydrogens (tertiary/aromatic N) is 2. The average Bonchev–Trinajstić information content (AvgIpc) is 2.98. The molecule has 0 aliphatic carbocycles. The summed E-state index contributed by atoms with van der Waals surface area (Å²) in [7, 11) is 0. The van der Waals surface area contributed by atoms with Crippen LogP contribution < -0.4 is 10.2 Å². The van der Waals surface area contributed by atoms with Crippen LogP contribution in [0.4, 0.5) is 24.5 Å². The first-order chi connectivity index (χ1) is 14.9. The van der Waals surface area contributed by atoms with Crippen molar-refractivity contribution >= 4 is 23.2 Å². The second-order valence-electron chi connectivity index (χ2n) is 8.26. The van der Waals surface area contributed by atoms with Crippen molar-refractivity contribution in [1.82, 2.24) is 0 Å². The molecule has 1 fully saturated rings. The number of aryl methyl sites for hydroxylation is 2. The number of nitriles is 1. The number of hydrogen-bond acceptors (Lipinski definition) is 3. The molecule has 5 nitrogen and oxygen atoms in total. The largest absolute Gasteiger partial charge is 0.416 e. The predicted octanol–water partition coefficient (Wildman–Crippen LogP) is 5.21. The Morgan fingerprint density at radius 2 is 1.88 bits per heavy atom.